The summed E-state index contributed by atoms with van der Waals surface area (Å²) in [7, 11) is 0. The molecule has 32 heavy (non-hydrogen) atoms. The van der Waals surface area contributed by atoms with Crippen LogP contribution in [0.15, 0.2) is 85.2 Å². The minimum absolute atomic E-state index is 0.0312. The molecule has 0 aliphatic carbocycles. The topological polar surface area (TPSA) is 57.8 Å². The van der Waals surface area contributed by atoms with E-state index < -0.39 is 0 Å². The summed E-state index contributed by atoms with van der Waals surface area (Å²) in [5.74, 6) is -0.192. The molecule has 1 heterocycles. The Labute approximate surface area is 197 Å². The van der Waals surface area contributed by atoms with Crippen LogP contribution in [0.3, 0.4) is 0 Å². The third-order valence-corrected chi connectivity index (χ3v) is 6.30. The predicted octanol–water partition coefficient (Wildman–Crippen LogP) is 6.78. The van der Waals surface area contributed by atoms with Crippen LogP contribution >= 0.6 is 23.2 Å². The van der Waals surface area contributed by atoms with Crippen molar-refractivity contribution < 1.29 is 4.79 Å². The summed E-state index contributed by atoms with van der Waals surface area (Å²) in [5, 5.41) is 10.9. The van der Waals surface area contributed by atoms with Crippen LogP contribution in [0, 0.1) is 0 Å². The second-order valence-electron chi connectivity index (χ2n) is 7.74. The second kappa shape index (κ2) is 10.0. The van der Waals surface area contributed by atoms with Gasteiger partial charge in [0.25, 0.3) is 0 Å². The van der Waals surface area contributed by atoms with Gasteiger partial charge in [0.05, 0.1) is 22.3 Å². The number of amides is 1. The molecule has 0 fully saturated rings. The molecule has 0 radical (unpaired) electrons. The molecule has 2 N–H and O–H groups in total. The summed E-state index contributed by atoms with van der Waals surface area (Å²) >= 11 is 12.4. The van der Waals surface area contributed by atoms with Crippen LogP contribution in [0.1, 0.15) is 42.0 Å². The summed E-state index contributed by atoms with van der Waals surface area (Å²) in [4.78, 5) is 13.0. The Bertz CT molecular complexity index is 1180. The fourth-order valence-corrected chi connectivity index (χ4v) is 4.09. The molecule has 1 amide bonds. The molecular formula is C26H23Cl2N3O. The molecule has 3 aromatic carbocycles. The number of carbonyl (C=O) groups excluding carboxylic acids is 1. The average Bonchev–Trinajstić information content (AvgIpc) is 3.35. The molecule has 0 aliphatic rings. The van der Waals surface area contributed by atoms with Gasteiger partial charge in [-0.1, -0.05) is 83.9 Å². The predicted molar refractivity (Wildman–Crippen MR) is 130 cm³/mol. The highest BCUT2D eigenvalue weighted by Crippen LogP contribution is 2.33. The lowest BCUT2D eigenvalue weighted by molar-refractivity contribution is -0.121. The summed E-state index contributed by atoms with van der Waals surface area (Å²) in [6, 6.07) is 23.5. The highest BCUT2D eigenvalue weighted by molar-refractivity contribution is 6.42. The number of halogens is 2. The lowest BCUT2D eigenvalue weighted by Crippen LogP contribution is -2.28. The van der Waals surface area contributed by atoms with Gasteiger partial charge >= 0.3 is 0 Å². The molecular weight excluding hydrogens is 441 g/mol. The summed E-state index contributed by atoms with van der Waals surface area (Å²) in [5.41, 5.74) is 5.10. The van der Waals surface area contributed by atoms with Crippen LogP contribution in [0.4, 0.5) is 0 Å². The van der Waals surface area contributed by atoms with E-state index in [9.17, 15) is 4.79 Å². The van der Waals surface area contributed by atoms with Gasteiger partial charge in [-0.3, -0.25) is 9.89 Å². The zero-order chi connectivity index (χ0) is 22.5. The first-order chi connectivity index (χ1) is 15.5. The molecule has 2 atom stereocenters. The lowest BCUT2D eigenvalue weighted by atomic mass is 9.87. The van der Waals surface area contributed by atoms with Crippen molar-refractivity contribution in [3.05, 3.63) is 112 Å². The van der Waals surface area contributed by atoms with Gasteiger partial charge in [0, 0.05) is 24.1 Å². The Morgan fingerprint density at radius 3 is 2.28 bits per heavy atom. The molecule has 0 saturated heterocycles. The first-order valence-corrected chi connectivity index (χ1v) is 11.1. The molecule has 4 aromatic rings. The number of hydrogen-bond donors (Lipinski definition) is 2. The van der Waals surface area contributed by atoms with Gasteiger partial charge in [-0.25, -0.2) is 0 Å². The van der Waals surface area contributed by atoms with Gasteiger partial charge in [-0.05, 0) is 41.3 Å². The number of aromatic amines is 1. The fraction of sp³-hybridized carbons (Fsp3) is 0.154. The van der Waals surface area contributed by atoms with Crippen LogP contribution in [0.5, 0.6) is 0 Å². The van der Waals surface area contributed by atoms with Crippen molar-refractivity contribution in [2.45, 2.75) is 25.3 Å². The number of nitrogens with one attached hydrogen (secondary N) is 2. The quantitative estimate of drug-likeness (QED) is 0.317. The van der Waals surface area contributed by atoms with Gasteiger partial charge in [0.1, 0.15) is 0 Å². The van der Waals surface area contributed by atoms with Crippen LogP contribution < -0.4 is 5.32 Å². The summed E-state index contributed by atoms with van der Waals surface area (Å²) in [6.07, 6.45) is 3.92. The maximum atomic E-state index is 13.0. The standard InChI is InChI=1S/C26H23Cl2N3O/c1-17(18-5-3-2-4-6-18)31-26(32)14-23(21-11-12-24(27)25(28)13-21)20-9-7-19(8-10-20)22-15-29-30-16-22/h2-13,15-17,23H,14H2,1H3,(H,29,30)(H,31,32)/t17-,23+/m1/s1. The zero-order valence-corrected chi connectivity index (χ0v) is 19.1. The highest BCUT2D eigenvalue weighted by Gasteiger charge is 2.21. The van der Waals surface area contributed by atoms with E-state index >= 15 is 0 Å². The maximum absolute atomic E-state index is 13.0. The number of rotatable bonds is 7. The number of aromatic nitrogens is 2. The lowest BCUT2D eigenvalue weighted by Gasteiger charge is -2.21. The minimum Gasteiger partial charge on any atom is -0.350 e. The largest absolute Gasteiger partial charge is 0.350 e. The van der Waals surface area contributed by atoms with Crippen molar-refractivity contribution in [2.75, 3.05) is 0 Å². The molecule has 0 bridgehead atoms. The number of carbonyl (C=O) groups is 1. The Kier molecular flexibility index (Phi) is 6.93. The SMILES string of the molecule is C[C@@H](NC(=O)C[C@@H](c1ccc(-c2cn[nH]c2)cc1)c1ccc(Cl)c(Cl)c1)c1ccccc1. The van der Waals surface area contributed by atoms with Gasteiger partial charge in [-0.2, -0.15) is 5.10 Å². The van der Waals surface area contributed by atoms with Gasteiger partial charge in [0.2, 0.25) is 5.91 Å². The Morgan fingerprint density at radius 2 is 1.62 bits per heavy atom. The van der Waals surface area contributed by atoms with Crippen molar-refractivity contribution >= 4 is 29.1 Å². The van der Waals surface area contributed by atoms with Crippen LogP contribution in [0.2, 0.25) is 10.0 Å². The zero-order valence-electron chi connectivity index (χ0n) is 17.6. The Hall–Kier alpha value is -3.08. The first kappa shape index (κ1) is 22.1. The van der Waals surface area contributed by atoms with Crippen LogP contribution in [0.25, 0.3) is 11.1 Å². The van der Waals surface area contributed by atoms with E-state index in [1.54, 1.807) is 12.3 Å². The second-order valence-corrected chi connectivity index (χ2v) is 8.55. The van der Waals surface area contributed by atoms with Crippen LogP contribution in [-0.2, 0) is 4.79 Å². The fourth-order valence-electron chi connectivity index (χ4n) is 3.78. The average molecular weight is 464 g/mol. The van der Waals surface area contributed by atoms with E-state index in [-0.39, 0.29) is 17.9 Å². The van der Waals surface area contributed by atoms with E-state index in [0.29, 0.717) is 16.5 Å². The van der Waals surface area contributed by atoms with Crippen LogP contribution in [-0.4, -0.2) is 16.1 Å². The van der Waals surface area contributed by atoms with E-state index in [1.807, 2.05) is 79.9 Å². The molecule has 6 heteroatoms. The number of hydrogen-bond acceptors (Lipinski definition) is 2. The molecule has 0 aliphatic heterocycles. The van der Waals surface area contributed by atoms with Gasteiger partial charge < -0.3 is 5.32 Å². The smallest absolute Gasteiger partial charge is 0.221 e. The number of nitrogens with zero attached hydrogens (tertiary/aromatic N) is 1. The molecule has 0 spiro atoms. The van der Waals surface area contributed by atoms with Crippen molar-refractivity contribution in [1.82, 2.24) is 15.5 Å². The van der Waals surface area contributed by atoms with Gasteiger partial charge in [0.15, 0.2) is 0 Å². The molecule has 4 nitrogen and oxygen atoms in total. The Balaban J connectivity index is 1.59. The third-order valence-electron chi connectivity index (χ3n) is 5.56. The van der Waals surface area contributed by atoms with E-state index in [0.717, 1.165) is 27.8 Å². The molecule has 0 saturated carbocycles. The first-order valence-electron chi connectivity index (χ1n) is 10.4. The van der Waals surface area contributed by atoms with E-state index in [2.05, 4.69) is 15.5 Å². The maximum Gasteiger partial charge on any atom is 0.221 e. The van der Waals surface area contributed by atoms with Crippen molar-refractivity contribution in [2.24, 2.45) is 0 Å². The molecule has 0 unspecified atom stereocenters. The molecule has 162 valence electrons. The van der Waals surface area contributed by atoms with E-state index in [1.165, 1.54) is 0 Å². The minimum atomic E-state index is -0.161. The third kappa shape index (κ3) is 5.21. The number of H-pyrrole nitrogens is 1. The van der Waals surface area contributed by atoms with E-state index in [4.69, 9.17) is 23.2 Å². The van der Waals surface area contributed by atoms with Gasteiger partial charge in [-0.15, -0.1) is 0 Å². The number of benzene rings is 3. The monoisotopic (exact) mass is 463 g/mol. The normalized spacial score (nSPS) is 12.8. The van der Waals surface area contributed by atoms with Crippen molar-refractivity contribution in [3.63, 3.8) is 0 Å². The Morgan fingerprint density at radius 1 is 0.906 bits per heavy atom. The summed E-state index contributed by atoms with van der Waals surface area (Å²) < 4.78 is 0. The molecule has 1 aromatic heterocycles. The highest BCUT2D eigenvalue weighted by atomic mass is 35.5. The molecule has 4 rings (SSSR count). The van der Waals surface area contributed by atoms with Crippen molar-refractivity contribution in [3.8, 4) is 11.1 Å². The summed E-state index contributed by atoms with van der Waals surface area (Å²) in [6.45, 7) is 1.99. The van der Waals surface area contributed by atoms with Crippen molar-refractivity contribution in [1.29, 1.82) is 0 Å².